The smallest absolute Gasteiger partial charge is 0.000822 e. The molecule has 0 unspecified atom stereocenters. The van der Waals surface area contributed by atoms with Gasteiger partial charge in [0.2, 0.25) is 0 Å². The van der Waals surface area contributed by atoms with Crippen LogP contribution in [0.3, 0.4) is 0 Å². The second-order valence-corrected chi connectivity index (χ2v) is 2.39. The van der Waals surface area contributed by atoms with Crippen molar-refractivity contribution in [2.75, 3.05) is 0 Å². The zero-order valence-electron chi connectivity index (χ0n) is 8.02. The predicted octanol–water partition coefficient (Wildman–Crippen LogP) is 2.13. The first-order chi connectivity index (χ1) is 5.04. The summed E-state index contributed by atoms with van der Waals surface area (Å²) in [5.74, 6) is 0. The van der Waals surface area contributed by atoms with Crippen LogP contribution in [0, 0.1) is 0 Å². The highest BCUT2D eigenvalue weighted by atomic mass is 14.5. The highest BCUT2D eigenvalue weighted by Gasteiger charge is 1.67. The van der Waals surface area contributed by atoms with Gasteiger partial charge >= 0.3 is 0 Å². The SMILES string of the molecule is C/C=C(/C)N.CC/C=C(\C)N. The van der Waals surface area contributed by atoms with E-state index in [0.717, 1.165) is 17.8 Å². The van der Waals surface area contributed by atoms with E-state index in [2.05, 4.69) is 6.92 Å². The number of hydrogen-bond donors (Lipinski definition) is 2. The van der Waals surface area contributed by atoms with E-state index in [4.69, 9.17) is 11.5 Å². The fourth-order valence-corrected chi connectivity index (χ4v) is 0.322. The van der Waals surface area contributed by atoms with Crippen molar-refractivity contribution in [1.82, 2.24) is 0 Å². The molecule has 0 radical (unpaired) electrons. The van der Waals surface area contributed by atoms with Gasteiger partial charge in [-0.1, -0.05) is 19.1 Å². The van der Waals surface area contributed by atoms with Crippen molar-refractivity contribution in [2.45, 2.75) is 34.1 Å². The lowest BCUT2D eigenvalue weighted by atomic mass is 10.4. The van der Waals surface area contributed by atoms with E-state index in [1.54, 1.807) is 0 Å². The second-order valence-electron chi connectivity index (χ2n) is 2.39. The zero-order valence-corrected chi connectivity index (χ0v) is 8.02. The average molecular weight is 156 g/mol. The van der Waals surface area contributed by atoms with Crippen LogP contribution in [0.4, 0.5) is 0 Å². The zero-order chi connectivity index (χ0) is 9.28. The number of rotatable bonds is 1. The van der Waals surface area contributed by atoms with Crippen molar-refractivity contribution < 1.29 is 0 Å². The molecule has 0 bridgehead atoms. The minimum atomic E-state index is 0.880. The van der Waals surface area contributed by atoms with Crippen LogP contribution in [-0.4, -0.2) is 0 Å². The molecule has 0 fully saturated rings. The van der Waals surface area contributed by atoms with Crippen LogP contribution in [0.2, 0.25) is 0 Å². The normalized spacial score (nSPS) is 12.0. The maximum Gasteiger partial charge on any atom is 0.000822 e. The molecule has 0 saturated carbocycles. The molecule has 4 N–H and O–H groups in total. The summed E-state index contributed by atoms with van der Waals surface area (Å²) in [6.07, 6.45) is 4.89. The van der Waals surface area contributed by atoms with Crippen molar-refractivity contribution in [3.05, 3.63) is 23.5 Å². The van der Waals surface area contributed by atoms with Gasteiger partial charge in [0.15, 0.2) is 0 Å². The molecule has 0 aromatic heterocycles. The molecular formula is C9H20N2. The van der Waals surface area contributed by atoms with Crippen LogP contribution >= 0.6 is 0 Å². The van der Waals surface area contributed by atoms with E-state index in [0.29, 0.717) is 0 Å². The van der Waals surface area contributed by atoms with Crippen LogP contribution in [0.15, 0.2) is 23.5 Å². The van der Waals surface area contributed by atoms with E-state index in [1.165, 1.54) is 0 Å². The fourth-order valence-electron chi connectivity index (χ4n) is 0.322. The number of allylic oxidation sites excluding steroid dienone is 4. The number of nitrogens with two attached hydrogens (primary N) is 2. The van der Waals surface area contributed by atoms with Gasteiger partial charge in [-0.3, -0.25) is 0 Å². The van der Waals surface area contributed by atoms with Crippen molar-refractivity contribution in [2.24, 2.45) is 11.5 Å². The summed E-state index contributed by atoms with van der Waals surface area (Å²) in [6, 6.07) is 0. The Morgan fingerprint density at radius 3 is 1.55 bits per heavy atom. The Labute approximate surface area is 70.0 Å². The number of hydrogen-bond acceptors (Lipinski definition) is 2. The van der Waals surface area contributed by atoms with Gasteiger partial charge in [0.25, 0.3) is 0 Å². The Kier molecular flexibility index (Phi) is 10.5. The molecule has 0 aliphatic heterocycles. The summed E-state index contributed by atoms with van der Waals surface area (Å²) in [5.41, 5.74) is 12.2. The Morgan fingerprint density at radius 2 is 1.55 bits per heavy atom. The van der Waals surface area contributed by atoms with E-state index in [9.17, 15) is 0 Å². The molecule has 0 aliphatic rings. The molecule has 0 aromatic carbocycles. The first-order valence-corrected chi connectivity index (χ1v) is 3.85. The monoisotopic (exact) mass is 156 g/mol. The molecule has 0 saturated heterocycles. The van der Waals surface area contributed by atoms with Gasteiger partial charge in [0.05, 0.1) is 0 Å². The Morgan fingerprint density at radius 1 is 1.18 bits per heavy atom. The molecule has 0 heterocycles. The summed E-state index contributed by atoms with van der Waals surface area (Å²) in [4.78, 5) is 0. The first-order valence-electron chi connectivity index (χ1n) is 3.85. The molecule has 2 nitrogen and oxygen atoms in total. The molecule has 0 amide bonds. The average Bonchev–Trinajstić information content (AvgIpc) is 1.89. The minimum Gasteiger partial charge on any atom is -0.403 e. The van der Waals surface area contributed by atoms with Gasteiger partial charge in [-0.05, 0) is 27.2 Å². The molecule has 0 aliphatic carbocycles. The third-order valence-electron chi connectivity index (χ3n) is 0.981. The van der Waals surface area contributed by atoms with E-state index >= 15 is 0 Å². The minimum absolute atomic E-state index is 0.880. The molecule has 66 valence electrons. The Balaban J connectivity index is 0. The molecule has 0 rings (SSSR count). The summed E-state index contributed by atoms with van der Waals surface area (Å²) in [6.45, 7) is 7.73. The van der Waals surface area contributed by atoms with E-state index in [1.807, 2.05) is 32.9 Å². The van der Waals surface area contributed by atoms with Crippen molar-refractivity contribution >= 4 is 0 Å². The summed E-state index contributed by atoms with van der Waals surface area (Å²) < 4.78 is 0. The molecular weight excluding hydrogens is 136 g/mol. The van der Waals surface area contributed by atoms with Crippen LogP contribution < -0.4 is 11.5 Å². The third-order valence-corrected chi connectivity index (χ3v) is 0.981. The summed E-state index contributed by atoms with van der Waals surface area (Å²) >= 11 is 0. The van der Waals surface area contributed by atoms with Gasteiger partial charge in [-0.15, -0.1) is 0 Å². The maximum atomic E-state index is 5.26. The van der Waals surface area contributed by atoms with Crippen molar-refractivity contribution in [1.29, 1.82) is 0 Å². The lowest BCUT2D eigenvalue weighted by Crippen LogP contribution is -1.87. The van der Waals surface area contributed by atoms with Gasteiger partial charge < -0.3 is 11.5 Å². The lowest BCUT2D eigenvalue weighted by Gasteiger charge is -1.81. The maximum absolute atomic E-state index is 5.26. The standard InChI is InChI=1S/C5H11N.C4H9N/c1-3-4-5(2)6;1-3-4(2)5/h4H,3,6H2,1-2H3;3H,5H2,1-2H3/b5-4+;4-3-. The Hall–Kier alpha value is -0.920. The molecule has 0 spiro atoms. The summed E-state index contributed by atoms with van der Waals surface area (Å²) in [5, 5.41) is 0. The largest absolute Gasteiger partial charge is 0.403 e. The van der Waals surface area contributed by atoms with Crippen molar-refractivity contribution in [3.8, 4) is 0 Å². The van der Waals surface area contributed by atoms with Gasteiger partial charge in [-0.2, -0.15) is 0 Å². The molecule has 2 heteroatoms. The van der Waals surface area contributed by atoms with Crippen LogP contribution in [0.1, 0.15) is 34.1 Å². The molecule has 0 atom stereocenters. The van der Waals surface area contributed by atoms with E-state index < -0.39 is 0 Å². The van der Waals surface area contributed by atoms with Crippen LogP contribution in [-0.2, 0) is 0 Å². The van der Waals surface area contributed by atoms with Gasteiger partial charge in [0, 0.05) is 11.4 Å². The van der Waals surface area contributed by atoms with Crippen LogP contribution in [0.25, 0.3) is 0 Å². The predicted molar refractivity (Wildman–Crippen MR) is 51.9 cm³/mol. The van der Waals surface area contributed by atoms with Gasteiger partial charge in [0.1, 0.15) is 0 Å². The van der Waals surface area contributed by atoms with Crippen LogP contribution in [0.5, 0.6) is 0 Å². The highest BCUT2D eigenvalue weighted by molar-refractivity contribution is 4.89. The molecule has 0 aromatic rings. The third kappa shape index (κ3) is 27.3. The first kappa shape index (κ1) is 12.7. The summed E-state index contributed by atoms with van der Waals surface area (Å²) in [7, 11) is 0. The Bertz CT molecular complexity index is 126. The van der Waals surface area contributed by atoms with Gasteiger partial charge in [-0.25, -0.2) is 0 Å². The molecule has 11 heavy (non-hydrogen) atoms. The highest BCUT2D eigenvalue weighted by Crippen LogP contribution is 1.81. The fraction of sp³-hybridized carbons (Fsp3) is 0.556. The van der Waals surface area contributed by atoms with E-state index in [-0.39, 0.29) is 0 Å². The quantitative estimate of drug-likeness (QED) is 0.611. The van der Waals surface area contributed by atoms with Crippen molar-refractivity contribution in [3.63, 3.8) is 0 Å². The lowest BCUT2D eigenvalue weighted by molar-refractivity contribution is 1.16. The topological polar surface area (TPSA) is 52.0 Å². The second kappa shape index (κ2) is 9.08.